The average Bonchev–Trinajstić information content (AvgIpc) is 3.20. The Hall–Kier alpha value is -1.66. The molecule has 0 aliphatic heterocycles. The third-order valence-electron chi connectivity index (χ3n) is 4.56. The zero-order valence-electron chi connectivity index (χ0n) is 13.0. The van der Waals surface area contributed by atoms with Crippen LogP contribution in [-0.4, -0.2) is 28.0 Å². The molecule has 3 rings (SSSR count). The summed E-state index contributed by atoms with van der Waals surface area (Å²) in [5, 5.41) is 6.01. The lowest BCUT2D eigenvalue weighted by molar-refractivity contribution is 0.0928. The van der Waals surface area contributed by atoms with E-state index in [-0.39, 0.29) is 11.9 Å². The highest BCUT2D eigenvalue weighted by molar-refractivity contribution is 7.12. The van der Waals surface area contributed by atoms with Gasteiger partial charge in [0, 0.05) is 29.0 Å². The molecule has 118 valence electrons. The first kappa shape index (κ1) is 15.2. The van der Waals surface area contributed by atoms with Gasteiger partial charge in [-0.3, -0.25) is 9.36 Å². The molecule has 5 nitrogen and oxygen atoms in total. The van der Waals surface area contributed by atoms with Crippen LogP contribution >= 0.6 is 11.3 Å². The van der Waals surface area contributed by atoms with E-state index in [0.717, 1.165) is 41.3 Å². The number of thiazole rings is 1. The Morgan fingerprint density at radius 1 is 1.50 bits per heavy atom. The summed E-state index contributed by atoms with van der Waals surface area (Å²) in [5.41, 5.74) is 8.49. The van der Waals surface area contributed by atoms with E-state index in [1.54, 1.807) is 17.5 Å². The fourth-order valence-corrected chi connectivity index (χ4v) is 4.12. The van der Waals surface area contributed by atoms with Crippen molar-refractivity contribution in [3.63, 3.8) is 0 Å². The summed E-state index contributed by atoms with van der Waals surface area (Å²) in [6.07, 6.45) is 5.06. The monoisotopic (exact) mass is 318 g/mol. The number of rotatable bonds is 4. The molecule has 0 bridgehead atoms. The molecule has 1 fully saturated rings. The number of amides is 1. The molecular weight excluding hydrogens is 296 g/mol. The Morgan fingerprint density at radius 3 is 3.00 bits per heavy atom. The number of carbonyl (C=O) groups is 1. The van der Waals surface area contributed by atoms with Gasteiger partial charge in [0.25, 0.3) is 5.91 Å². The molecule has 0 radical (unpaired) electrons. The third-order valence-corrected chi connectivity index (χ3v) is 5.32. The summed E-state index contributed by atoms with van der Waals surface area (Å²) in [6, 6.07) is 2.15. The maximum atomic E-state index is 12.6. The molecule has 1 amide bonds. The van der Waals surface area contributed by atoms with E-state index in [1.807, 2.05) is 29.9 Å². The number of nitrogens with two attached hydrogens (primary N) is 1. The zero-order valence-corrected chi connectivity index (χ0v) is 13.8. The Morgan fingerprint density at radius 2 is 2.32 bits per heavy atom. The minimum atomic E-state index is 0.00116. The van der Waals surface area contributed by atoms with Crippen LogP contribution < -0.4 is 11.1 Å². The van der Waals surface area contributed by atoms with Gasteiger partial charge in [-0.25, -0.2) is 4.98 Å². The van der Waals surface area contributed by atoms with E-state index in [4.69, 9.17) is 5.73 Å². The molecule has 0 aromatic carbocycles. The Labute approximate surface area is 134 Å². The number of carbonyl (C=O) groups excluding carboxylic acids is 1. The highest BCUT2D eigenvalue weighted by Crippen LogP contribution is 2.26. The number of hydrogen-bond donors (Lipinski definition) is 2. The van der Waals surface area contributed by atoms with Crippen molar-refractivity contribution in [2.75, 3.05) is 6.54 Å². The van der Waals surface area contributed by atoms with Crippen LogP contribution in [-0.2, 0) is 0 Å². The van der Waals surface area contributed by atoms with Crippen molar-refractivity contribution in [2.45, 2.75) is 39.2 Å². The maximum absolute atomic E-state index is 12.6. The van der Waals surface area contributed by atoms with Crippen molar-refractivity contribution in [3.8, 4) is 5.13 Å². The molecule has 6 heteroatoms. The molecule has 2 atom stereocenters. The van der Waals surface area contributed by atoms with E-state index in [2.05, 4.69) is 10.3 Å². The summed E-state index contributed by atoms with van der Waals surface area (Å²) in [7, 11) is 0. The van der Waals surface area contributed by atoms with Crippen LogP contribution in [0.15, 0.2) is 17.6 Å². The second-order valence-corrected chi connectivity index (χ2v) is 6.81. The Balaban J connectivity index is 1.83. The molecule has 2 heterocycles. The fraction of sp³-hybridized carbons (Fsp3) is 0.500. The van der Waals surface area contributed by atoms with Gasteiger partial charge in [-0.05, 0) is 45.2 Å². The van der Waals surface area contributed by atoms with Crippen molar-refractivity contribution in [1.82, 2.24) is 14.9 Å². The van der Waals surface area contributed by atoms with Crippen LogP contribution in [0.5, 0.6) is 0 Å². The largest absolute Gasteiger partial charge is 0.349 e. The van der Waals surface area contributed by atoms with Crippen molar-refractivity contribution < 1.29 is 4.79 Å². The number of nitrogens with zero attached hydrogens (tertiary/aromatic N) is 2. The number of hydrogen-bond acceptors (Lipinski definition) is 4. The lowest BCUT2D eigenvalue weighted by Gasteiger charge is -2.19. The van der Waals surface area contributed by atoms with E-state index >= 15 is 0 Å². The lowest BCUT2D eigenvalue weighted by atomic mass is 10.0. The first-order valence-electron chi connectivity index (χ1n) is 7.71. The van der Waals surface area contributed by atoms with Crippen molar-refractivity contribution in [1.29, 1.82) is 0 Å². The van der Waals surface area contributed by atoms with Gasteiger partial charge in [0.1, 0.15) is 0 Å². The first-order chi connectivity index (χ1) is 10.6. The van der Waals surface area contributed by atoms with E-state index in [0.29, 0.717) is 12.5 Å². The second-order valence-electron chi connectivity index (χ2n) is 5.94. The predicted octanol–water partition coefficient (Wildman–Crippen LogP) is 2.41. The standard InChI is InChI=1S/C16H22N4OS/c1-10-8-13(11(2)20(10)16-18-6-7-22-16)15(21)19-14-5-3-4-12(14)9-17/h6-8,12,14H,3-5,9,17H2,1-2H3,(H,19,21). The SMILES string of the molecule is Cc1cc(C(=O)NC2CCCC2CN)c(C)n1-c1nccs1. The smallest absolute Gasteiger partial charge is 0.253 e. The quantitative estimate of drug-likeness (QED) is 0.909. The summed E-state index contributed by atoms with van der Waals surface area (Å²) >= 11 is 1.57. The average molecular weight is 318 g/mol. The van der Waals surface area contributed by atoms with Crippen molar-refractivity contribution in [2.24, 2.45) is 11.7 Å². The number of aromatic nitrogens is 2. The van der Waals surface area contributed by atoms with Gasteiger partial charge in [-0.15, -0.1) is 11.3 Å². The van der Waals surface area contributed by atoms with E-state index in [1.165, 1.54) is 0 Å². The summed E-state index contributed by atoms with van der Waals surface area (Å²) in [6.45, 7) is 4.62. The van der Waals surface area contributed by atoms with E-state index < -0.39 is 0 Å². The lowest BCUT2D eigenvalue weighted by Crippen LogP contribution is -2.40. The zero-order chi connectivity index (χ0) is 15.7. The van der Waals surface area contributed by atoms with Gasteiger partial charge in [0.15, 0.2) is 5.13 Å². The molecule has 22 heavy (non-hydrogen) atoms. The Kier molecular flexibility index (Phi) is 4.31. The minimum Gasteiger partial charge on any atom is -0.349 e. The molecule has 1 aliphatic carbocycles. The summed E-state index contributed by atoms with van der Waals surface area (Å²) < 4.78 is 2.04. The van der Waals surface area contributed by atoms with Crippen LogP contribution in [0.4, 0.5) is 0 Å². The van der Waals surface area contributed by atoms with Crippen LogP contribution in [0, 0.1) is 19.8 Å². The summed E-state index contributed by atoms with van der Waals surface area (Å²) in [4.78, 5) is 17.0. The second kappa shape index (κ2) is 6.22. The molecule has 0 spiro atoms. The van der Waals surface area contributed by atoms with E-state index in [9.17, 15) is 4.79 Å². The molecule has 3 N–H and O–H groups in total. The molecular formula is C16H22N4OS. The molecule has 2 aromatic rings. The van der Waals surface area contributed by atoms with Crippen molar-refractivity contribution in [3.05, 3.63) is 34.6 Å². The van der Waals surface area contributed by atoms with Crippen LogP contribution in [0.3, 0.4) is 0 Å². The highest BCUT2D eigenvalue weighted by atomic mass is 32.1. The first-order valence-corrected chi connectivity index (χ1v) is 8.59. The summed E-state index contributed by atoms with van der Waals surface area (Å²) in [5.74, 6) is 0.410. The topological polar surface area (TPSA) is 72.9 Å². The van der Waals surface area contributed by atoms with Gasteiger partial charge in [-0.2, -0.15) is 0 Å². The van der Waals surface area contributed by atoms with Crippen molar-refractivity contribution >= 4 is 17.2 Å². The van der Waals surface area contributed by atoms with Gasteiger partial charge in [-0.1, -0.05) is 6.42 Å². The predicted molar refractivity (Wildman–Crippen MR) is 88.6 cm³/mol. The number of nitrogens with one attached hydrogen (secondary N) is 1. The fourth-order valence-electron chi connectivity index (χ4n) is 3.37. The molecule has 1 saturated carbocycles. The minimum absolute atomic E-state index is 0.00116. The number of aryl methyl sites for hydroxylation is 1. The molecule has 2 aromatic heterocycles. The normalized spacial score (nSPS) is 21.2. The molecule has 2 unspecified atom stereocenters. The third kappa shape index (κ3) is 2.68. The maximum Gasteiger partial charge on any atom is 0.253 e. The molecule has 1 aliphatic rings. The van der Waals surface area contributed by atoms with Crippen LogP contribution in [0.1, 0.15) is 41.0 Å². The van der Waals surface area contributed by atoms with Gasteiger partial charge < -0.3 is 11.1 Å². The van der Waals surface area contributed by atoms with Crippen LogP contribution in [0.25, 0.3) is 5.13 Å². The van der Waals surface area contributed by atoms with Gasteiger partial charge in [0.05, 0.1) is 5.56 Å². The van der Waals surface area contributed by atoms with Gasteiger partial charge >= 0.3 is 0 Å². The molecule has 0 saturated heterocycles. The Bertz CT molecular complexity index is 662. The van der Waals surface area contributed by atoms with Gasteiger partial charge in [0.2, 0.25) is 0 Å². The highest BCUT2D eigenvalue weighted by Gasteiger charge is 2.28. The van der Waals surface area contributed by atoms with Crippen LogP contribution in [0.2, 0.25) is 0 Å².